The predicted molar refractivity (Wildman–Crippen MR) is 40.2 cm³/mol. The third kappa shape index (κ3) is 3.06. The first kappa shape index (κ1) is 8.93. The van der Waals surface area contributed by atoms with Gasteiger partial charge in [-0.15, -0.1) is 0 Å². The molecule has 0 spiro atoms. The van der Waals surface area contributed by atoms with Gasteiger partial charge in [-0.3, -0.25) is 0 Å². The first-order valence-electron chi connectivity index (χ1n) is 3.08. The molecule has 0 bridgehead atoms. The Morgan fingerprint density at radius 3 is 2.80 bits per heavy atom. The van der Waals surface area contributed by atoms with Crippen LogP contribution in [0, 0.1) is 11.3 Å². The molecule has 0 aromatic heterocycles. The maximum absolute atomic E-state index is 9.13. The van der Waals surface area contributed by atoms with Gasteiger partial charge in [-0.2, -0.15) is 5.26 Å². The summed E-state index contributed by atoms with van der Waals surface area (Å²) in [5.74, 6) is 0. The summed E-state index contributed by atoms with van der Waals surface area (Å²) in [6.07, 6.45) is 1.70. The molecule has 0 amide bonds. The van der Waals surface area contributed by atoms with E-state index in [2.05, 4.69) is 13.2 Å². The molecule has 0 fully saturated rings. The number of aliphatic hydroxyl groups excluding tert-OH is 1. The molecule has 0 aliphatic heterocycles. The van der Waals surface area contributed by atoms with E-state index in [1.54, 1.807) is 0 Å². The zero-order valence-corrected chi connectivity index (χ0v) is 5.88. The maximum atomic E-state index is 9.13. The molecule has 2 nitrogen and oxygen atoms in total. The molecular formula is C8H11NO. The summed E-state index contributed by atoms with van der Waals surface area (Å²) in [5.41, 5.74) is 0.579. The summed E-state index contributed by atoms with van der Waals surface area (Å²) in [6, 6.07) is 1.94. The van der Waals surface area contributed by atoms with Gasteiger partial charge in [-0.05, 0) is 12.0 Å². The Balaban J connectivity index is 3.63. The molecule has 0 radical (unpaired) electrons. The quantitative estimate of drug-likeness (QED) is 0.595. The van der Waals surface area contributed by atoms with Gasteiger partial charge in [0.15, 0.2) is 0 Å². The molecule has 0 saturated heterocycles. The number of nitrogens with zero attached hydrogens (tertiary/aromatic N) is 1. The summed E-state index contributed by atoms with van der Waals surface area (Å²) in [4.78, 5) is 0. The van der Waals surface area contributed by atoms with E-state index in [4.69, 9.17) is 10.4 Å². The molecule has 1 N–H and O–H groups in total. The van der Waals surface area contributed by atoms with Gasteiger partial charge in [-0.25, -0.2) is 0 Å². The van der Waals surface area contributed by atoms with E-state index in [0.717, 1.165) is 0 Å². The van der Waals surface area contributed by atoms with Crippen LogP contribution < -0.4 is 0 Å². The fourth-order valence-corrected chi connectivity index (χ4v) is 0.523. The first-order chi connectivity index (χ1) is 4.72. The molecule has 0 heterocycles. The molecule has 0 aromatic rings. The monoisotopic (exact) mass is 137 g/mol. The minimum absolute atomic E-state index is 0.355. The molecule has 0 aromatic carbocycles. The summed E-state index contributed by atoms with van der Waals surface area (Å²) in [5, 5.41) is 17.3. The SMILES string of the molecule is C=CC(=C)C(O)CCC#N. The second kappa shape index (κ2) is 4.78. The van der Waals surface area contributed by atoms with Crippen LogP contribution in [0.5, 0.6) is 0 Å². The van der Waals surface area contributed by atoms with E-state index >= 15 is 0 Å². The van der Waals surface area contributed by atoms with Gasteiger partial charge < -0.3 is 5.11 Å². The van der Waals surface area contributed by atoms with Crippen LogP contribution in [0.1, 0.15) is 12.8 Å². The van der Waals surface area contributed by atoms with Crippen molar-refractivity contribution in [3.63, 3.8) is 0 Å². The normalized spacial score (nSPS) is 11.6. The number of hydrogen-bond acceptors (Lipinski definition) is 2. The zero-order valence-electron chi connectivity index (χ0n) is 5.88. The van der Waals surface area contributed by atoms with E-state index < -0.39 is 6.10 Å². The van der Waals surface area contributed by atoms with Crippen molar-refractivity contribution in [1.29, 1.82) is 5.26 Å². The van der Waals surface area contributed by atoms with Crippen LogP contribution in [0.3, 0.4) is 0 Å². The molecule has 0 aliphatic rings. The molecule has 54 valence electrons. The average molecular weight is 137 g/mol. The lowest BCUT2D eigenvalue weighted by Gasteiger charge is -2.06. The minimum Gasteiger partial charge on any atom is -0.388 e. The van der Waals surface area contributed by atoms with Crippen molar-refractivity contribution in [3.8, 4) is 6.07 Å². The molecule has 0 aliphatic carbocycles. The van der Waals surface area contributed by atoms with E-state index in [0.29, 0.717) is 18.4 Å². The largest absolute Gasteiger partial charge is 0.388 e. The van der Waals surface area contributed by atoms with Crippen LogP contribution in [0.15, 0.2) is 24.8 Å². The summed E-state index contributed by atoms with van der Waals surface area (Å²) < 4.78 is 0. The summed E-state index contributed by atoms with van der Waals surface area (Å²) in [7, 11) is 0. The third-order valence-corrected chi connectivity index (χ3v) is 1.22. The fourth-order valence-electron chi connectivity index (χ4n) is 0.523. The highest BCUT2D eigenvalue weighted by atomic mass is 16.3. The second-order valence-corrected chi connectivity index (χ2v) is 1.99. The van der Waals surface area contributed by atoms with Gasteiger partial charge in [0.1, 0.15) is 0 Å². The van der Waals surface area contributed by atoms with E-state index in [9.17, 15) is 0 Å². The van der Waals surface area contributed by atoms with Gasteiger partial charge >= 0.3 is 0 Å². The predicted octanol–water partition coefficient (Wildman–Crippen LogP) is 1.39. The van der Waals surface area contributed by atoms with Gasteiger partial charge in [0, 0.05) is 6.42 Å². The van der Waals surface area contributed by atoms with Gasteiger partial charge in [-0.1, -0.05) is 19.2 Å². The van der Waals surface area contributed by atoms with Crippen molar-refractivity contribution in [1.82, 2.24) is 0 Å². The Bertz CT molecular complexity index is 167. The van der Waals surface area contributed by atoms with E-state index in [1.807, 2.05) is 6.07 Å². The molecule has 0 saturated carbocycles. The van der Waals surface area contributed by atoms with E-state index in [-0.39, 0.29) is 0 Å². The Kier molecular flexibility index (Phi) is 4.26. The maximum Gasteiger partial charge on any atom is 0.0794 e. The van der Waals surface area contributed by atoms with Crippen molar-refractivity contribution in [3.05, 3.63) is 24.8 Å². The topological polar surface area (TPSA) is 44.0 Å². The van der Waals surface area contributed by atoms with Crippen LogP contribution in [-0.2, 0) is 0 Å². The highest BCUT2D eigenvalue weighted by Crippen LogP contribution is 2.06. The average Bonchev–Trinajstić information content (AvgIpc) is 1.98. The van der Waals surface area contributed by atoms with Crippen LogP contribution in [0.2, 0.25) is 0 Å². The standard InChI is InChI=1S/C8H11NO/c1-3-7(2)8(10)5-4-6-9/h3,8,10H,1-2,4-5H2. The lowest BCUT2D eigenvalue weighted by atomic mass is 10.1. The molecule has 10 heavy (non-hydrogen) atoms. The Morgan fingerprint density at radius 1 is 1.80 bits per heavy atom. The van der Waals surface area contributed by atoms with Crippen molar-refractivity contribution in [2.75, 3.05) is 0 Å². The lowest BCUT2D eigenvalue weighted by Crippen LogP contribution is -2.06. The molecule has 0 rings (SSSR count). The highest BCUT2D eigenvalue weighted by Gasteiger charge is 2.03. The fraction of sp³-hybridized carbons (Fsp3) is 0.375. The van der Waals surface area contributed by atoms with Crippen molar-refractivity contribution in [2.45, 2.75) is 18.9 Å². The van der Waals surface area contributed by atoms with Crippen LogP contribution in [0.25, 0.3) is 0 Å². The summed E-state index contributed by atoms with van der Waals surface area (Å²) >= 11 is 0. The number of hydrogen-bond donors (Lipinski definition) is 1. The smallest absolute Gasteiger partial charge is 0.0794 e. The highest BCUT2D eigenvalue weighted by molar-refractivity contribution is 5.16. The number of nitriles is 1. The van der Waals surface area contributed by atoms with Crippen molar-refractivity contribution >= 4 is 0 Å². The second-order valence-electron chi connectivity index (χ2n) is 1.99. The van der Waals surface area contributed by atoms with Crippen molar-refractivity contribution < 1.29 is 5.11 Å². The molecule has 1 atom stereocenters. The van der Waals surface area contributed by atoms with Crippen LogP contribution in [0.4, 0.5) is 0 Å². The van der Waals surface area contributed by atoms with Gasteiger partial charge in [0.2, 0.25) is 0 Å². The van der Waals surface area contributed by atoms with Crippen LogP contribution in [-0.4, -0.2) is 11.2 Å². The van der Waals surface area contributed by atoms with E-state index in [1.165, 1.54) is 6.08 Å². The Morgan fingerprint density at radius 2 is 2.40 bits per heavy atom. The van der Waals surface area contributed by atoms with Crippen molar-refractivity contribution in [2.24, 2.45) is 0 Å². The Labute approximate surface area is 61.1 Å². The lowest BCUT2D eigenvalue weighted by molar-refractivity contribution is 0.206. The number of rotatable bonds is 4. The zero-order chi connectivity index (χ0) is 7.98. The number of aliphatic hydroxyl groups is 1. The summed E-state index contributed by atoms with van der Waals surface area (Å²) in [6.45, 7) is 7.00. The molecular weight excluding hydrogens is 126 g/mol. The first-order valence-corrected chi connectivity index (χ1v) is 3.08. The van der Waals surface area contributed by atoms with Crippen LogP contribution >= 0.6 is 0 Å². The van der Waals surface area contributed by atoms with Gasteiger partial charge in [0.25, 0.3) is 0 Å². The third-order valence-electron chi connectivity index (χ3n) is 1.22. The molecule has 1 unspecified atom stereocenters. The van der Waals surface area contributed by atoms with Gasteiger partial charge in [0.05, 0.1) is 12.2 Å². The minimum atomic E-state index is -0.600. The Hall–Kier alpha value is -1.07. The molecule has 2 heteroatoms.